The fraction of sp³-hybridized carbons (Fsp3) is 0.900. The number of hydrogen-bond acceptors (Lipinski definition) is 4. The first-order valence-corrected chi connectivity index (χ1v) is 5.07. The van der Waals surface area contributed by atoms with E-state index in [0.717, 1.165) is 26.3 Å². The minimum Gasteiger partial charge on any atom is -0.379 e. The van der Waals surface area contributed by atoms with Crippen molar-refractivity contribution < 1.29 is 4.74 Å². The molecule has 0 aromatic carbocycles. The van der Waals surface area contributed by atoms with Crippen molar-refractivity contribution in [3.05, 3.63) is 0 Å². The quantitative estimate of drug-likeness (QED) is 0.708. The van der Waals surface area contributed by atoms with Crippen molar-refractivity contribution in [3.8, 4) is 6.07 Å². The highest BCUT2D eigenvalue weighted by Gasteiger charge is 2.23. The summed E-state index contributed by atoms with van der Waals surface area (Å²) in [6.07, 6.45) is 0.716. The van der Waals surface area contributed by atoms with Gasteiger partial charge in [0.15, 0.2) is 0 Å². The smallest absolute Gasteiger partial charge is 0.102 e. The van der Waals surface area contributed by atoms with Gasteiger partial charge in [0, 0.05) is 19.1 Å². The minimum atomic E-state index is -0.696. The molecule has 2 N–H and O–H groups in total. The van der Waals surface area contributed by atoms with Gasteiger partial charge >= 0.3 is 0 Å². The maximum Gasteiger partial charge on any atom is 0.102 e. The molecule has 4 nitrogen and oxygen atoms in total. The lowest BCUT2D eigenvalue weighted by Gasteiger charge is -2.34. The molecule has 0 radical (unpaired) electrons. The Kier molecular flexibility index (Phi) is 3.87. The third-order valence-electron chi connectivity index (χ3n) is 2.68. The van der Waals surface area contributed by atoms with Gasteiger partial charge in [-0.2, -0.15) is 5.26 Å². The molecule has 1 saturated heterocycles. The second-order valence-corrected chi connectivity index (χ2v) is 4.24. The normalized spacial score (nSPS) is 28.0. The molecule has 2 unspecified atom stereocenters. The van der Waals surface area contributed by atoms with Crippen molar-refractivity contribution in [2.24, 2.45) is 5.73 Å². The van der Waals surface area contributed by atoms with E-state index in [4.69, 9.17) is 15.7 Å². The van der Waals surface area contributed by atoms with Crippen LogP contribution < -0.4 is 5.73 Å². The molecule has 0 aromatic heterocycles. The van der Waals surface area contributed by atoms with E-state index < -0.39 is 5.54 Å². The third kappa shape index (κ3) is 3.26. The zero-order valence-corrected chi connectivity index (χ0v) is 8.99. The van der Waals surface area contributed by atoms with Crippen LogP contribution in [0.5, 0.6) is 0 Å². The molecule has 0 spiro atoms. The SMILES string of the molecule is CC1COCCN1CCC(C)(N)C#N. The Balaban J connectivity index is 2.33. The molecule has 14 heavy (non-hydrogen) atoms. The van der Waals surface area contributed by atoms with Crippen molar-refractivity contribution in [1.82, 2.24) is 4.90 Å². The number of nitrogens with zero attached hydrogens (tertiary/aromatic N) is 2. The van der Waals surface area contributed by atoms with Gasteiger partial charge in [-0.05, 0) is 20.3 Å². The molecule has 4 heteroatoms. The fourth-order valence-electron chi connectivity index (χ4n) is 1.53. The molecule has 0 amide bonds. The van der Waals surface area contributed by atoms with Crippen LogP contribution in [0.4, 0.5) is 0 Å². The standard InChI is InChI=1S/C10H19N3O/c1-9-7-14-6-5-13(9)4-3-10(2,12)8-11/h9H,3-7,12H2,1-2H3. The zero-order chi connectivity index (χ0) is 10.6. The zero-order valence-electron chi connectivity index (χ0n) is 8.99. The van der Waals surface area contributed by atoms with Gasteiger partial charge in [-0.25, -0.2) is 0 Å². The maximum atomic E-state index is 8.77. The molecule has 1 aliphatic rings. The summed E-state index contributed by atoms with van der Waals surface area (Å²) in [6.45, 7) is 7.32. The van der Waals surface area contributed by atoms with Crippen LogP contribution in [0, 0.1) is 11.3 Å². The van der Waals surface area contributed by atoms with Gasteiger partial charge in [-0.1, -0.05) is 0 Å². The van der Waals surface area contributed by atoms with Gasteiger partial charge in [0.2, 0.25) is 0 Å². The molecule has 0 aromatic rings. The Morgan fingerprint density at radius 2 is 2.43 bits per heavy atom. The van der Waals surface area contributed by atoms with Gasteiger partial charge in [-0.15, -0.1) is 0 Å². The molecule has 1 heterocycles. The molecule has 1 fully saturated rings. The second-order valence-electron chi connectivity index (χ2n) is 4.24. The van der Waals surface area contributed by atoms with Crippen molar-refractivity contribution in [3.63, 3.8) is 0 Å². The summed E-state index contributed by atoms with van der Waals surface area (Å²) < 4.78 is 5.33. The van der Waals surface area contributed by atoms with Gasteiger partial charge < -0.3 is 10.5 Å². The Morgan fingerprint density at radius 3 is 3.00 bits per heavy atom. The molecule has 1 rings (SSSR count). The maximum absolute atomic E-state index is 8.77. The molecule has 2 atom stereocenters. The van der Waals surface area contributed by atoms with Crippen LogP contribution in [-0.4, -0.2) is 42.8 Å². The first-order valence-electron chi connectivity index (χ1n) is 5.07. The highest BCUT2D eigenvalue weighted by atomic mass is 16.5. The molecule has 0 bridgehead atoms. The summed E-state index contributed by atoms with van der Waals surface area (Å²) in [4.78, 5) is 2.33. The number of ether oxygens (including phenoxy) is 1. The number of morpholine rings is 1. The fourth-order valence-corrected chi connectivity index (χ4v) is 1.53. The van der Waals surface area contributed by atoms with E-state index in [1.165, 1.54) is 0 Å². The minimum absolute atomic E-state index is 0.443. The summed E-state index contributed by atoms with van der Waals surface area (Å²) in [5.74, 6) is 0. The Hall–Kier alpha value is -0.630. The first kappa shape index (κ1) is 11.4. The number of nitriles is 1. The van der Waals surface area contributed by atoms with E-state index in [0.29, 0.717) is 12.5 Å². The third-order valence-corrected chi connectivity index (χ3v) is 2.68. The van der Waals surface area contributed by atoms with Crippen LogP contribution in [0.1, 0.15) is 20.3 Å². The van der Waals surface area contributed by atoms with Crippen molar-refractivity contribution >= 4 is 0 Å². The van der Waals surface area contributed by atoms with E-state index in [9.17, 15) is 0 Å². The topological polar surface area (TPSA) is 62.3 Å². The lowest BCUT2D eigenvalue weighted by atomic mass is 10.0. The molecule has 1 aliphatic heterocycles. The predicted octanol–water partition coefficient (Wildman–Crippen LogP) is 0.338. The van der Waals surface area contributed by atoms with Crippen LogP contribution in [0.15, 0.2) is 0 Å². The summed E-state index contributed by atoms with van der Waals surface area (Å²) in [7, 11) is 0. The summed E-state index contributed by atoms with van der Waals surface area (Å²) in [6, 6.07) is 2.56. The number of rotatable bonds is 3. The highest BCUT2D eigenvalue weighted by molar-refractivity contribution is 5.01. The lowest BCUT2D eigenvalue weighted by Crippen LogP contribution is -2.47. The monoisotopic (exact) mass is 197 g/mol. The van der Waals surface area contributed by atoms with Gasteiger partial charge in [0.25, 0.3) is 0 Å². The van der Waals surface area contributed by atoms with Crippen LogP contribution in [-0.2, 0) is 4.74 Å². The molecule has 80 valence electrons. The van der Waals surface area contributed by atoms with Crippen molar-refractivity contribution in [2.75, 3.05) is 26.3 Å². The van der Waals surface area contributed by atoms with Crippen molar-refractivity contribution in [1.29, 1.82) is 5.26 Å². The summed E-state index contributed by atoms with van der Waals surface area (Å²) in [5, 5.41) is 8.77. The van der Waals surface area contributed by atoms with Crippen LogP contribution in [0.25, 0.3) is 0 Å². The van der Waals surface area contributed by atoms with Crippen molar-refractivity contribution in [2.45, 2.75) is 31.8 Å². The molecule has 0 aliphatic carbocycles. The largest absolute Gasteiger partial charge is 0.379 e. The number of hydrogen-bond donors (Lipinski definition) is 1. The molecular formula is C10H19N3O. The van der Waals surface area contributed by atoms with Crippen LogP contribution >= 0.6 is 0 Å². The molecule has 0 saturated carbocycles. The Bertz CT molecular complexity index is 222. The summed E-state index contributed by atoms with van der Waals surface area (Å²) >= 11 is 0. The average Bonchev–Trinajstić information content (AvgIpc) is 2.17. The Morgan fingerprint density at radius 1 is 1.71 bits per heavy atom. The first-order chi connectivity index (χ1) is 6.55. The number of nitrogens with two attached hydrogens (primary N) is 1. The van der Waals surface area contributed by atoms with Gasteiger partial charge in [-0.3, -0.25) is 4.90 Å². The average molecular weight is 197 g/mol. The Labute approximate surface area is 85.6 Å². The second kappa shape index (κ2) is 4.74. The predicted molar refractivity (Wildman–Crippen MR) is 54.7 cm³/mol. The highest BCUT2D eigenvalue weighted by Crippen LogP contribution is 2.10. The van der Waals surface area contributed by atoms with E-state index in [1.54, 1.807) is 6.92 Å². The van der Waals surface area contributed by atoms with Gasteiger partial charge in [0.1, 0.15) is 5.54 Å². The molecular weight excluding hydrogens is 178 g/mol. The van der Waals surface area contributed by atoms with E-state index in [-0.39, 0.29) is 0 Å². The van der Waals surface area contributed by atoms with Crippen LogP contribution in [0.2, 0.25) is 0 Å². The lowest BCUT2D eigenvalue weighted by molar-refractivity contribution is -0.00205. The van der Waals surface area contributed by atoms with E-state index >= 15 is 0 Å². The van der Waals surface area contributed by atoms with E-state index in [1.807, 2.05) is 0 Å². The summed E-state index contributed by atoms with van der Waals surface area (Å²) in [5.41, 5.74) is 5.06. The van der Waals surface area contributed by atoms with Gasteiger partial charge in [0.05, 0.1) is 19.3 Å². The van der Waals surface area contributed by atoms with E-state index in [2.05, 4.69) is 17.9 Å². The van der Waals surface area contributed by atoms with Crippen LogP contribution in [0.3, 0.4) is 0 Å².